The molecule has 7 heteroatoms. The van der Waals surface area contributed by atoms with Crippen molar-refractivity contribution < 1.29 is 10.0 Å². The van der Waals surface area contributed by atoms with Crippen molar-refractivity contribution in [3.8, 4) is 0 Å². The number of amides is 1. The van der Waals surface area contributed by atoms with Gasteiger partial charge in [-0.05, 0) is 23.8 Å². The predicted octanol–water partition coefficient (Wildman–Crippen LogP) is 2.77. The number of carbonyl (C=O) groups excluding carboxylic acids is 1. The zero-order valence-electron chi connectivity index (χ0n) is 11.3. The van der Waals surface area contributed by atoms with Crippen LogP contribution in [0.25, 0.3) is 0 Å². The van der Waals surface area contributed by atoms with Gasteiger partial charge in [0.15, 0.2) is 5.84 Å². The van der Waals surface area contributed by atoms with Crippen LogP contribution < -0.4 is 5.73 Å². The maximum atomic E-state index is 12.2. The number of halogens is 1. The van der Waals surface area contributed by atoms with Crippen LogP contribution >= 0.6 is 22.9 Å². The third-order valence-electron chi connectivity index (χ3n) is 2.88. The monoisotopic (exact) mass is 323 g/mol. The summed E-state index contributed by atoms with van der Waals surface area (Å²) in [6.07, 6.45) is 0. The number of carbonyl (C=O) groups is 1. The van der Waals surface area contributed by atoms with Gasteiger partial charge in [-0.25, -0.2) is 0 Å². The molecule has 0 atom stereocenters. The molecule has 2 rings (SSSR count). The van der Waals surface area contributed by atoms with E-state index in [1.165, 1.54) is 11.3 Å². The van der Waals surface area contributed by atoms with Gasteiger partial charge in [-0.15, -0.1) is 11.3 Å². The summed E-state index contributed by atoms with van der Waals surface area (Å²) in [4.78, 5) is 14.4. The van der Waals surface area contributed by atoms with Crippen molar-refractivity contribution in [1.82, 2.24) is 4.90 Å². The highest BCUT2D eigenvalue weighted by molar-refractivity contribution is 7.17. The quantitative estimate of drug-likeness (QED) is 0.393. The fourth-order valence-electron chi connectivity index (χ4n) is 1.85. The molecule has 1 amide bonds. The SMILES string of the molecule is CN(Cc1cccc(C(N)=NO)c1)C(=O)c1ccc(Cl)s1. The zero-order chi connectivity index (χ0) is 15.4. The molecule has 21 heavy (non-hydrogen) atoms. The number of oxime groups is 1. The van der Waals surface area contributed by atoms with Crippen molar-refractivity contribution in [2.75, 3.05) is 7.05 Å². The van der Waals surface area contributed by atoms with Crippen molar-refractivity contribution in [3.05, 3.63) is 56.7 Å². The topological polar surface area (TPSA) is 78.9 Å². The van der Waals surface area contributed by atoms with E-state index in [0.717, 1.165) is 5.56 Å². The first kappa shape index (κ1) is 15.3. The second-order valence-electron chi connectivity index (χ2n) is 4.45. The molecule has 1 heterocycles. The number of nitrogens with two attached hydrogens (primary N) is 1. The Kier molecular flexibility index (Phi) is 4.82. The van der Waals surface area contributed by atoms with Crippen LogP contribution in [-0.2, 0) is 6.54 Å². The zero-order valence-corrected chi connectivity index (χ0v) is 12.9. The number of hydrogen-bond donors (Lipinski definition) is 2. The summed E-state index contributed by atoms with van der Waals surface area (Å²) < 4.78 is 0.584. The standard InChI is InChI=1S/C14H14ClN3O2S/c1-18(14(19)11-5-6-12(15)21-11)8-9-3-2-4-10(7-9)13(16)17-20/h2-7,20H,8H2,1H3,(H2,16,17). The molecule has 0 aliphatic carbocycles. The number of hydrogen-bond acceptors (Lipinski definition) is 4. The normalized spacial score (nSPS) is 11.4. The number of rotatable bonds is 4. The van der Waals surface area contributed by atoms with Gasteiger partial charge in [0, 0.05) is 19.2 Å². The Bertz CT molecular complexity index is 684. The summed E-state index contributed by atoms with van der Waals surface area (Å²) >= 11 is 7.09. The maximum Gasteiger partial charge on any atom is 0.264 e. The molecule has 0 radical (unpaired) electrons. The first-order chi connectivity index (χ1) is 10.0. The lowest BCUT2D eigenvalue weighted by Gasteiger charge is -2.16. The van der Waals surface area contributed by atoms with E-state index in [0.29, 0.717) is 21.3 Å². The molecule has 0 bridgehead atoms. The van der Waals surface area contributed by atoms with Crippen molar-refractivity contribution in [1.29, 1.82) is 0 Å². The lowest BCUT2D eigenvalue weighted by molar-refractivity contribution is 0.0790. The summed E-state index contributed by atoms with van der Waals surface area (Å²) in [5, 5.41) is 11.7. The summed E-state index contributed by atoms with van der Waals surface area (Å²) in [5.41, 5.74) is 7.05. The summed E-state index contributed by atoms with van der Waals surface area (Å²) in [6.45, 7) is 0.418. The molecule has 0 saturated carbocycles. The molecule has 2 aromatic rings. The predicted molar refractivity (Wildman–Crippen MR) is 84.1 cm³/mol. The molecule has 1 aromatic heterocycles. The molecule has 5 nitrogen and oxygen atoms in total. The second-order valence-corrected chi connectivity index (χ2v) is 6.17. The fraction of sp³-hybridized carbons (Fsp3) is 0.143. The van der Waals surface area contributed by atoms with Crippen LogP contribution in [0.5, 0.6) is 0 Å². The van der Waals surface area contributed by atoms with E-state index in [1.807, 2.05) is 6.07 Å². The Morgan fingerprint density at radius 1 is 1.43 bits per heavy atom. The molecule has 3 N–H and O–H groups in total. The Morgan fingerprint density at radius 2 is 2.19 bits per heavy atom. The number of amidine groups is 1. The van der Waals surface area contributed by atoms with Crippen LogP contribution in [0.15, 0.2) is 41.6 Å². The lowest BCUT2D eigenvalue weighted by atomic mass is 10.1. The van der Waals surface area contributed by atoms with Crippen LogP contribution in [0.2, 0.25) is 4.34 Å². The second kappa shape index (κ2) is 6.60. The van der Waals surface area contributed by atoms with E-state index >= 15 is 0 Å². The van der Waals surface area contributed by atoms with Crippen LogP contribution in [-0.4, -0.2) is 28.9 Å². The highest BCUT2D eigenvalue weighted by Gasteiger charge is 2.14. The molecule has 0 unspecified atom stereocenters. The van der Waals surface area contributed by atoms with Crippen molar-refractivity contribution in [2.24, 2.45) is 10.9 Å². The van der Waals surface area contributed by atoms with E-state index in [9.17, 15) is 4.79 Å². The molecular weight excluding hydrogens is 310 g/mol. The van der Waals surface area contributed by atoms with Gasteiger partial charge in [0.25, 0.3) is 5.91 Å². The minimum atomic E-state index is -0.0962. The van der Waals surface area contributed by atoms with Crippen LogP contribution in [0, 0.1) is 0 Å². The molecule has 0 saturated heterocycles. The third-order valence-corrected chi connectivity index (χ3v) is 4.10. The molecule has 1 aromatic carbocycles. The average molecular weight is 324 g/mol. The Morgan fingerprint density at radius 3 is 2.81 bits per heavy atom. The van der Waals surface area contributed by atoms with E-state index in [2.05, 4.69) is 5.16 Å². The summed E-state index contributed by atoms with van der Waals surface area (Å²) in [5.74, 6) is -0.0584. The lowest BCUT2D eigenvalue weighted by Crippen LogP contribution is -2.25. The average Bonchev–Trinajstić information content (AvgIpc) is 2.92. The van der Waals surface area contributed by atoms with Crippen LogP contribution in [0.1, 0.15) is 20.8 Å². The van der Waals surface area contributed by atoms with E-state index in [4.69, 9.17) is 22.5 Å². The van der Waals surface area contributed by atoms with Gasteiger partial charge in [0.2, 0.25) is 0 Å². The highest BCUT2D eigenvalue weighted by atomic mass is 35.5. The molecular formula is C14H14ClN3O2S. The van der Waals surface area contributed by atoms with E-state index < -0.39 is 0 Å². The summed E-state index contributed by atoms with van der Waals surface area (Å²) in [6, 6.07) is 10.6. The van der Waals surface area contributed by atoms with Gasteiger partial charge in [-0.1, -0.05) is 35.0 Å². The molecule has 0 aliphatic rings. The minimum absolute atomic E-state index is 0.0378. The van der Waals surface area contributed by atoms with Crippen LogP contribution in [0.3, 0.4) is 0 Å². The van der Waals surface area contributed by atoms with Gasteiger partial charge < -0.3 is 15.8 Å². The molecule has 0 fully saturated rings. The third kappa shape index (κ3) is 3.74. The smallest absolute Gasteiger partial charge is 0.264 e. The minimum Gasteiger partial charge on any atom is -0.409 e. The van der Waals surface area contributed by atoms with Crippen LogP contribution in [0.4, 0.5) is 0 Å². The number of benzene rings is 1. The molecule has 0 spiro atoms. The first-order valence-corrected chi connectivity index (χ1v) is 7.28. The van der Waals surface area contributed by atoms with Gasteiger partial charge in [-0.3, -0.25) is 4.79 Å². The maximum absolute atomic E-state index is 12.2. The van der Waals surface area contributed by atoms with E-state index in [1.54, 1.807) is 42.3 Å². The van der Waals surface area contributed by atoms with Gasteiger partial charge in [0.05, 0.1) is 9.21 Å². The largest absolute Gasteiger partial charge is 0.409 e. The van der Waals surface area contributed by atoms with Gasteiger partial charge in [0.1, 0.15) is 0 Å². The van der Waals surface area contributed by atoms with Gasteiger partial charge >= 0.3 is 0 Å². The van der Waals surface area contributed by atoms with Crippen molar-refractivity contribution in [3.63, 3.8) is 0 Å². The Balaban J connectivity index is 2.12. The fourth-order valence-corrected chi connectivity index (χ4v) is 2.89. The van der Waals surface area contributed by atoms with Crippen molar-refractivity contribution >= 4 is 34.7 Å². The molecule has 0 aliphatic heterocycles. The highest BCUT2D eigenvalue weighted by Crippen LogP contribution is 2.23. The van der Waals surface area contributed by atoms with E-state index in [-0.39, 0.29) is 11.7 Å². The number of nitrogens with zero attached hydrogens (tertiary/aromatic N) is 2. The summed E-state index contributed by atoms with van der Waals surface area (Å²) in [7, 11) is 1.71. The van der Waals surface area contributed by atoms with Crippen molar-refractivity contribution in [2.45, 2.75) is 6.54 Å². The number of thiophene rings is 1. The van der Waals surface area contributed by atoms with Gasteiger partial charge in [-0.2, -0.15) is 0 Å². The Labute approximate surface area is 131 Å². The first-order valence-electron chi connectivity index (χ1n) is 6.09. The Hall–Kier alpha value is -2.05. The molecule has 110 valence electrons.